The Morgan fingerprint density at radius 3 is 2.76 bits per heavy atom. The molecule has 1 saturated heterocycles. The van der Waals surface area contributed by atoms with Crippen molar-refractivity contribution in [2.45, 2.75) is 26.4 Å². The summed E-state index contributed by atoms with van der Waals surface area (Å²) in [5.41, 5.74) is 7.82. The van der Waals surface area contributed by atoms with Crippen molar-refractivity contribution in [2.75, 3.05) is 50.0 Å². The van der Waals surface area contributed by atoms with Crippen molar-refractivity contribution in [3.05, 3.63) is 18.2 Å². The van der Waals surface area contributed by atoms with E-state index >= 15 is 0 Å². The van der Waals surface area contributed by atoms with Gasteiger partial charge < -0.3 is 20.5 Å². The average molecular weight is 293 g/mol. The monoisotopic (exact) mass is 293 g/mol. The lowest BCUT2D eigenvalue weighted by molar-refractivity contribution is 0.204. The summed E-state index contributed by atoms with van der Waals surface area (Å²) in [6.45, 7) is 9.01. The topological polar surface area (TPSA) is 62.0 Å². The number of rotatable bonds is 5. The molecule has 2 rings (SSSR count). The summed E-state index contributed by atoms with van der Waals surface area (Å²) >= 11 is 0. The van der Waals surface area contributed by atoms with E-state index in [4.69, 9.17) is 15.6 Å². The molecule has 5 nitrogen and oxygen atoms in total. The van der Waals surface area contributed by atoms with E-state index in [-0.39, 0.29) is 12.7 Å². The first-order valence-corrected chi connectivity index (χ1v) is 7.74. The highest BCUT2D eigenvalue weighted by atomic mass is 16.5. The third kappa shape index (κ3) is 4.51. The average Bonchev–Trinajstić information content (AvgIpc) is 2.67. The fourth-order valence-corrected chi connectivity index (χ4v) is 2.67. The second kappa shape index (κ2) is 7.52. The summed E-state index contributed by atoms with van der Waals surface area (Å²) in [6.07, 6.45) is 1.22. The Kier molecular flexibility index (Phi) is 5.70. The van der Waals surface area contributed by atoms with Crippen molar-refractivity contribution in [1.82, 2.24) is 4.90 Å². The van der Waals surface area contributed by atoms with Gasteiger partial charge >= 0.3 is 0 Å². The SMILES string of the molecule is CC(C)Oc1cc(N2CCCN(CCO)CC2)ccc1N. The molecule has 1 aliphatic heterocycles. The van der Waals surface area contributed by atoms with Crippen LogP contribution in [0.1, 0.15) is 20.3 Å². The summed E-state index contributed by atoms with van der Waals surface area (Å²) < 4.78 is 5.77. The van der Waals surface area contributed by atoms with Crippen molar-refractivity contribution in [1.29, 1.82) is 0 Å². The molecule has 1 heterocycles. The van der Waals surface area contributed by atoms with Crippen LogP contribution in [-0.2, 0) is 0 Å². The molecule has 0 aromatic heterocycles. The van der Waals surface area contributed by atoms with E-state index in [1.807, 2.05) is 26.0 Å². The molecule has 3 N–H and O–H groups in total. The fourth-order valence-electron chi connectivity index (χ4n) is 2.67. The lowest BCUT2D eigenvalue weighted by Gasteiger charge is -2.24. The predicted molar refractivity (Wildman–Crippen MR) is 87.0 cm³/mol. The minimum atomic E-state index is 0.117. The van der Waals surface area contributed by atoms with Gasteiger partial charge in [0.05, 0.1) is 18.4 Å². The van der Waals surface area contributed by atoms with Crippen LogP contribution >= 0.6 is 0 Å². The van der Waals surface area contributed by atoms with E-state index in [0.29, 0.717) is 5.69 Å². The maximum Gasteiger partial charge on any atom is 0.144 e. The number of aliphatic hydroxyl groups is 1. The summed E-state index contributed by atoms with van der Waals surface area (Å²) in [5, 5.41) is 9.06. The van der Waals surface area contributed by atoms with Crippen LogP contribution in [0, 0.1) is 0 Å². The second-order valence-electron chi connectivity index (χ2n) is 5.79. The van der Waals surface area contributed by atoms with E-state index in [9.17, 15) is 0 Å². The van der Waals surface area contributed by atoms with Gasteiger partial charge in [-0.05, 0) is 38.9 Å². The number of hydrogen-bond donors (Lipinski definition) is 2. The van der Waals surface area contributed by atoms with Crippen molar-refractivity contribution >= 4 is 11.4 Å². The van der Waals surface area contributed by atoms with Crippen LogP contribution in [-0.4, -0.2) is 55.4 Å². The molecule has 1 fully saturated rings. The maximum atomic E-state index is 9.06. The largest absolute Gasteiger partial charge is 0.489 e. The van der Waals surface area contributed by atoms with Gasteiger partial charge in [0.1, 0.15) is 5.75 Å². The van der Waals surface area contributed by atoms with Gasteiger partial charge in [-0.25, -0.2) is 0 Å². The highest BCUT2D eigenvalue weighted by molar-refractivity contribution is 5.62. The quantitative estimate of drug-likeness (QED) is 0.807. The zero-order valence-corrected chi connectivity index (χ0v) is 13.1. The van der Waals surface area contributed by atoms with Gasteiger partial charge in [0.2, 0.25) is 0 Å². The molecule has 21 heavy (non-hydrogen) atoms. The number of benzene rings is 1. The molecular weight excluding hydrogens is 266 g/mol. The number of β-amino-alcohol motifs (C(OH)–C–C–N with tert-alkyl or cyclic N) is 1. The van der Waals surface area contributed by atoms with Crippen LogP contribution in [0.25, 0.3) is 0 Å². The van der Waals surface area contributed by atoms with Crippen LogP contribution in [0.4, 0.5) is 11.4 Å². The summed E-state index contributed by atoms with van der Waals surface area (Å²) in [6, 6.07) is 6.02. The second-order valence-corrected chi connectivity index (χ2v) is 5.79. The van der Waals surface area contributed by atoms with E-state index in [1.165, 1.54) is 0 Å². The van der Waals surface area contributed by atoms with Crippen LogP contribution in [0.3, 0.4) is 0 Å². The molecule has 0 aliphatic carbocycles. The molecule has 0 spiro atoms. The fraction of sp³-hybridized carbons (Fsp3) is 0.625. The van der Waals surface area contributed by atoms with Crippen molar-refractivity contribution in [3.63, 3.8) is 0 Å². The van der Waals surface area contributed by atoms with E-state index in [2.05, 4.69) is 15.9 Å². The molecule has 1 aliphatic rings. The number of nitrogens with zero attached hydrogens (tertiary/aromatic N) is 2. The highest BCUT2D eigenvalue weighted by Gasteiger charge is 2.16. The number of ether oxygens (including phenoxy) is 1. The summed E-state index contributed by atoms with van der Waals surface area (Å²) in [5.74, 6) is 0.763. The van der Waals surface area contributed by atoms with Gasteiger partial charge in [0, 0.05) is 37.9 Å². The Morgan fingerprint density at radius 1 is 1.24 bits per heavy atom. The molecule has 1 aromatic carbocycles. The Morgan fingerprint density at radius 2 is 2.05 bits per heavy atom. The zero-order chi connectivity index (χ0) is 15.2. The molecular formula is C16H27N3O2. The molecule has 1 aromatic rings. The van der Waals surface area contributed by atoms with Crippen LogP contribution < -0.4 is 15.4 Å². The lowest BCUT2D eigenvalue weighted by Crippen LogP contribution is -2.32. The van der Waals surface area contributed by atoms with Crippen molar-refractivity contribution < 1.29 is 9.84 Å². The lowest BCUT2D eigenvalue weighted by atomic mass is 10.2. The molecule has 0 saturated carbocycles. The van der Waals surface area contributed by atoms with Crippen LogP contribution in [0.5, 0.6) is 5.75 Å². The normalized spacial score (nSPS) is 17.0. The van der Waals surface area contributed by atoms with E-state index < -0.39 is 0 Å². The molecule has 0 atom stereocenters. The molecule has 0 unspecified atom stereocenters. The molecule has 0 radical (unpaired) electrons. The Hall–Kier alpha value is -1.46. The third-order valence-electron chi connectivity index (χ3n) is 3.73. The van der Waals surface area contributed by atoms with Gasteiger partial charge in [0.25, 0.3) is 0 Å². The van der Waals surface area contributed by atoms with Gasteiger partial charge in [-0.2, -0.15) is 0 Å². The van der Waals surface area contributed by atoms with Crippen LogP contribution in [0.2, 0.25) is 0 Å². The summed E-state index contributed by atoms with van der Waals surface area (Å²) in [7, 11) is 0. The van der Waals surface area contributed by atoms with Gasteiger partial charge in [0.15, 0.2) is 0 Å². The number of nitrogen functional groups attached to an aromatic ring is 1. The number of aliphatic hydroxyl groups excluding tert-OH is 1. The van der Waals surface area contributed by atoms with Crippen LogP contribution in [0.15, 0.2) is 18.2 Å². The first kappa shape index (κ1) is 15.9. The van der Waals surface area contributed by atoms with Crippen molar-refractivity contribution in [2.24, 2.45) is 0 Å². The first-order valence-electron chi connectivity index (χ1n) is 7.74. The van der Waals surface area contributed by atoms with Gasteiger partial charge in [-0.1, -0.05) is 0 Å². The number of hydrogen-bond acceptors (Lipinski definition) is 5. The van der Waals surface area contributed by atoms with E-state index in [1.54, 1.807) is 0 Å². The molecule has 5 heteroatoms. The predicted octanol–water partition coefficient (Wildman–Crippen LogP) is 1.56. The standard InChI is InChI=1S/C16H27N3O2/c1-13(2)21-16-12-14(4-5-15(16)17)19-7-3-6-18(8-9-19)10-11-20/h4-5,12-13,20H,3,6-11,17H2,1-2H3. The van der Waals surface area contributed by atoms with Gasteiger partial charge in [-0.3, -0.25) is 4.90 Å². The molecule has 0 bridgehead atoms. The third-order valence-corrected chi connectivity index (χ3v) is 3.73. The highest BCUT2D eigenvalue weighted by Crippen LogP contribution is 2.29. The minimum Gasteiger partial charge on any atom is -0.489 e. The van der Waals surface area contributed by atoms with E-state index in [0.717, 1.165) is 50.6 Å². The minimum absolute atomic E-state index is 0.117. The maximum absolute atomic E-state index is 9.06. The molecule has 0 amide bonds. The Bertz CT molecular complexity index is 451. The summed E-state index contributed by atoms with van der Waals surface area (Å²) in [4.78, 5) is 4.67. The Balaban J connectivity index is 2.07. The number of nitrogens with two attached hydrogens (primary N) is 1. The van der Waals surface area contributed by atoms with Crippen molar-refractivity contribution in [3.8, 4) is 5.75 Å². The molecule has 118 valence electrons. The first-order chi connectivity index (χ1) is 10.1. The van der Waals surface area contributed by atoms with Gasteiger partial charge in [-0.15, -0.1) is 0 Å². The zero-order valence-electron chi connectivity index (χ0n) is 13.1. The smallest absolute Gasteiger partial charge is 0.144 e. The number of anilines is 2. The Labute approximate surface area is 127 Å².